The number of azide groups is 1. The number of rotatable bonds is 6. The number of pyridine rings is 1. The number of hydrogen-bond donors (Lipinski definition) is 0. The zero-order valence-electron chi connectivity index (χ0n) is 12.1. The second kappa shape index (κ2) is 6.09. The SMILES string of the molecule is C[Si](C)(C)CCOCn1ccc2c(N=[N+]=[N-])ccnc21. The quantitative estimate of drug-likeness (QED) is 0.261. The number of ether oxygens (including phenoxy) is 1. The van der Waals surface area contributed by atoms with E-state index in [1.54, 1.807) is 12.3 Å². The van der Waals surface area contributed by atoms with Crippen LogP contribution in [0.2, 0.25) is 25.7 Å². The molecule has 0 spiro atoms. The van der Waals surface area contributed by atoms with Gasteiger partial charge in [0.05, 0.1) is 5.69 Å². The van der Waals surface area contributed by atoms with Crippen LogP contribution in [0.15, 0.2) is 29.6 Å². The maximum atomic E-state index is 8.55. The summed E-state index contributed by atoms with van der Waals surface area (Å²) in [5.74, 6) is 0. The first-order chi connectivity index (χ1) is 9.51. The van der Waals surface area contributed by atoms with Crippen molar-refractivity contribution in [3.63, 3.8) is 0 Å². The van der Waals surface area contributed by atoms with Gasteiger partial charge in [-0.05, 0) is 23.7 Å². The van der Waals surface area contributed by atoms with E-state index < -0.39 is 8.07 Å². The van der Waals surface area contributed by atoms with E-state index in [1.165, 1.54) is 0 Å². The minimum Gasteiger partial charge on any atom is -0.361 e. The summed E-state index contributed by atoms with van der Waals surface area (Å²) in [6.45, 7) is 8.23. The van der Waals surface area contributed by atoms with E-state index in [1.807, 2.05) is 16.8 Å². The van der Waals surface area contributed by atoms with Gasteiger partial charge in [0.25, 0.3) is 0 Å². The smallest absolute Gasteiger partial charge is 0.142 e. The number of fused-ring (bicyclic) bond motifs is 1. The summed E-state index contributed by atoms with van der Waals surface area (Å²) in [7, 11) is -1.06. The molecule has 0 aromatic carbocycles. The summed E-state index contributed by atoms with van der Waals surface area (Å²) in [6, 6.07) is 4.75. The van der Waals surface area contributed by atoms with Crippen LogP contribution in [-0.4, -0.2) is 24.2 Å². The highest BCUT2D eigenvalue weighted by atomic mass is 28.3. The Morgan fingerprint density at radius 3 is 2.90 bits per heavy atom. The van der Waals surface area contributed by atoms with Gasteiger partial charge in [-0.25, -0.2) is 4.98 Å². The molecular formula is C13H19N5OSi. The van der Waals surface area contributed by atoms with E-state index in [-0.39, 0.29) is 0 Å². The Bertz CT molecular complexity index is 640. The Kier molecular flexibility index (Phi) is 4.44. The normalized spacial score (nSPS) is 11.6. The van der Waals surface area contributed by atoms with E-state index in [0.717, 1.165) is 23.7 Å². The summed E-state index contributed by atoms with van der Waals surface area (Å²) in [4.78, 5) is 7.15. The average molecular weight is 289 g/mol. The van der Waals surface area contributed by atoms with Crippen molar-refractivity contribution < 1.29 is 4.74 Å². The molecule has 6 nitrogen and oxygen atoms in total. The van der Waals surface area contributed by atoms with Crippen LogP contribution in [0.3, 0.4) is 0 Å². The van der Waals surface area contributed by atoms with Crippen molar-refractivity contribution in [3.05, 3.63) is 35.0 Å². The largest absolute Gasteiger partial charge is 0.361 e. The van der Waals surface area contributed by atoms with Gasteiger partial charge in [-0.1, -0.05) is 24.8 Å². The molecule has 0 aliphatic rings. The summed E-state index contributed by atoms with van der Waals surface area (Å²) in [6.07, 6.45) is 3.55. The number of aromatic nitrogens is 2. The molecule has 2 rings (SSSR count). The molecule has 0 amide bonds. The Labute approximate surface area is 119 Å². The van der Waals surface area contributed by atoms with Crippen molar-refractivity contribution in [2.24, 2.45) is 5.11 Å². The highest BCUT2D eigenvalue weighted by Gasteiger charge is 2.12. The van der Waals surface area contributed by atoms with Crippen LogP contribution in [0.25, 0.3) is 21.5 Å². The van der Waals surface area contributed by atoms with E-state index in [4.69, 9.17) is 10.3 Å². The Hall–Kier alpha value is -1.82. The van der Waals surface area contributed by atoms with Crippen molar-refractivity contribution in [1.82, 2.24) is 9.55 Å². The monoisotopic (exact) mass is 289 g/mol. The number of hydrogen-bond acceptors (Lipinski definition) is 3. The lowest BCUT2D eigenvalue weighted by molar-refractivity contribution is 0.0899. The minimum atomic E-state index is -1.06. The van der Waals surface area contributed by atoms with Crippen molar-refractivity contribution in [2.75, 3.05) is 6.61 Å². The third-order valence-electron chi connectivity index (χ3n) is 3.02. The molecule has 0 saturated heterocycles. The van der Waals surface area contributed by atoms with Crippen molar-refractivity contribution in [2.45, 2.75) is 32.4 Å². The van der Waals surface area contributed by atoms with Crippen LogP contribution >= 0.6 is 0 Å². The van der Waals surface area contributed by atoms with Crippen molar-refractivity contribution in [1.29, 1.82) is 0 Å². The zero-order chi connectivity index (χ0) is 14.6. The van der Waals surface area contributed by atoms with Gasteiger partial charge in [0.1, 0.15) is 12.4 Å². The molecular weight excluding hydrogens is 270 g/mol. The first-order valence-corrected chi connectivity index (χ1v) is 10.3. The Balaban J connectivity index is 2.08. The van der Waals surface area contributed by atoms with Crippen LogP contribution in [0, 0.1) is 0 Å². The molecule has 0 saturated carbocycles. The van der Waals surface area contributed by atoms with E-state index in [9.17, 15) is 0 Å². The van der Waals surface area contributed by atoms with Crippen LogP contribution in [0.4, 0.5) is 5.69 Å². The summed E-state index contributed by atoms with van der Waals surface area (Å²) < 4.78 is 7.64. The summed E-state index contributed by atoms with van der Waals surface area (Å²) in [5, 5.41) is 4.52. The van der Waals surface area contributed by atoms with E-state index >= 15 is 0 Å². The zero-order valence-corrected chi connectivity index (χ0v) is 13.1. The third-order valence-corrected chi connectivity index (χ3v) is 4.72. The van der Waals surface area contributed by atoms with Crippen LogP contribution < -0.4 is 0 Å². The van der Waals surface area contributed by atoms with Crippen LogP contribution in [0.5, 0.6) is 0 Å². The Morgan fingerprint density at radius 1 is 1.40 bits per heavy atom. The second-order valence-corrected chi connectivity index (χ2v) is 11.5. The fourth-order valence-electron chi connectivity index (χ4n) is 1.86. The van der Waals surface area contributed by atoms with Gasteiger partial charge in [-0.2, -0.15) is 0 Å². The van der Waals surface area contributed by atoms with E-state index in [2.05, 4.69) is 34.7 Å². The molecule has 106 valence electrons. The molecule has 0 aliphatic heterocycles. The number of nitrogens with zero attached hydrogens (tertiary/aromatic N) is 5. The minimum absolute atomic E-state index is 0.473. The van der Waals surface area contributed by atoms with Gasteiger partial charge < -0.3 is 9.30 Å². The molecule has 0 fully saturated rings. The van der Waals surface area contributed by atoms with Crippen LogP contribution in [0.1, 0.15) is 0 Å². The Morgan fingerprint density at radius 2 is 2.20 bits per heavy atom. The lowest BCUT2D eigenvalue weighted by Gasteiger charge is -2.15. The van der Waals surface area contributed by atoms with Crippen molar-refractivity contribution >= 4 is 24.8 Å². The predicted octanol–water partition coefficient (Wildman–Crippen LogP) is 4.29. The van der Waals surface area contributed by atoms with Gasteiger partial charge >= 0.3 is 0 Å². The molecule has 7 heteroatoms. The molecule has 2 heterocycles. The maximum Gasteiger partial charge on any atom is 0.142 e. The molecule has 0 radical (unpaired) electrons. The van der Waals surface area contributed by atoms with Gasteiger partial charge in [-0.3, -0.25) is 0 Å². The van der Waals surface area contributed by atoms with Crippen molar-refractivity contribution in [3.8, 4) is 0 Å². The molecule has 0 N–H and O–H groups in total. The molecule has 2 aromatic heterocycles. The third kappa shape index (κ3) is 3.60. The average Bonchev–Trinajstić information content (AvgIpc) is 2.78. The highest BCUT2D eigenvalue weighted by molar-refractivity contribution is 6.76. The first kappa shape index (κ1) is 14.6. The lowest BCUT2D eigenvalue weighted by atomic mass is 10.3. The van der Waals surface area contributed by atoms with Crippen LogP contribution in [-0.2, 0) is 11.5 Å². The highest BCUT2D eigenvalue weighted by Crippen LogP contribution is 2.25. The second-order valence-electron chi connectivity index (χ2n) is 5.89. The predicted molar refractivity (Wildman–Crippen MR) is 82.6 cm³/mol. The summed E-state index contributed by atoms with van der Waals surface area (Å²) in [5.41, 5.74) is 9.92. The van der Waals surface area contributed by atoms with Gasteiger partial charge in [0.15, 0.2) is 0 Å². The fourth-order valence-corrected chi connectivity index (χ4v) is 2.61. The van der Waals surface area contributed by atoms with Gasteiger partial charge in [0, 0.05) is 37.4 Å². The van der Waals surface area contributed by atoms with Gasteiger partial charge in [-0.15, -0.1) is 0 Å². The molecule has 0 aliphatic carbocycles. The molecule has 2 aromatic rings. The summed E-state index contributed by atoms with van der Waals surface area (Å²) >= 11 is 0. The lowest BCUT2D eigenvalue weighted by Crippen LogP contribution is -2.22. The maximum absolute atomic E-state index is 8.55. The first-order valence-electron chi connectivity index (χ1n) is 6.58. The molecule has 0 bridgehead atoms. The van der Waals surface area contributed by atoms with E-state index in [0.29, 0.717) is 12.4 Å². The molecule has 0 unspecified atom stereocenters. The standard InChI is InChI=1S/C13H19N5OSi/c1-20(2,3)9-8-19-10-18-7-5-11-12(16-17-14)4-6-15-13(11)18/h4-7H,8-10H2,1-3H3. The molecule has 0 atom stereocenters. The topological polar surface area (TPSA) is 75.8 Å². The van der Waals surface area contributed by atoms with Gasteiger partial charge in [0.2, 0.25) is 0 Å². The fraction of sp³-hybridized carbons (Fsp3) is 0.462. The molecule has 20 heavy (non-hydrogen) atoms.